The van der Waals surface area contributed by atoms with Crippen molar-refractivity contribution in [3.05, 3.63) is 55.5 Å². The zero-order valence-corrected chi connectivity index (χ0v) is 33.0. The van der Waals surface area contributed by atoms with Crippen molar-refractivity contribution in [3.8, 4) is 0 Å². The van der Waals surface area contributed by atoms with Gasteiger partial charge in [0.25, 0.3) is 5.67 Å². The molecule has 0 heterocycles. The summed E-state index contributed by atoms with van der Waals surface area (Å²) in [5.41, 5.74) is -9.77. The number of nitrogens with zero attached hydrogens (tertiary/aromatic N) is 1. The van der Waals surface area contributed by atoms with Crippen molar-refractivity contribution >= 4 is 35.9 Å². The average Bonchev–Trinajstić information content (AvgIpc) is 3.19. The number of carbonyl (C=O) groups is 6. The Labute approximate surface area is 345 Å². The van der Waals surface area contributed by atoms with Gasteiger partial charge in [0.05, 0.1) is 13.2 Å². The predicted octanol–water partition coefficient (Wildman–Crippen LogP) is 5.71. The van der Waals surface area contributed by atoms with Gasteiger partial charge in [-0.25, -0.2) is 33.2 Å². The highest BCUT2D eigenvalue weighted by Gasteiger charge is 2.77. The lowest BCUT2D eigenvalue weighted by molar-refractivity contribution is -0.448. The van der Waals surface area contributed by atoms with Crippen LogP contribution in [0.3, 0.4) is 0 Å². The molecule has 27 heteroatoms. The van der Waals surface area contributed by atoms with Gasteiger partial charge >= 0.3 is 60.3 Å². The molecule has 0 saturated heterocycles. The van der Waals surface area contributed by atoms with Gasteiger partial charge in [0.15, 0.2) is 6.23 Å². The zero-order valence-electron chi connectivity index (χ0n) is 33.0. The first-order valence-electron chi connectivity index (χ1n) is 17.2. The SMILES string of the molecule is C=CC(=O)OCC(C)(COC(=O)C=C)NC(=O)OCCCCC(COC(=O)C(F)(OC(F)(F)C(C)(F)C(F)(F)F)C(F)(F)F)C(N=O)OC(C)(COC(=O)C=C)COC(=O)C=C. The van der Waals surface area contributed by atoms with Crippen molar-refractivity contribution in [3.63, 3.8) is 0 Å². The number of alkyl halides is 10. The van der Waals surface area contributed by atoms with Crippen molar-refractivity contribution in [2.45, 2.75) is 87.4 Å². The first-order chi connectivity index (χ1) is 28.3. The Kier molecular flexibility index (Phi) is 21.4. The molecule has 0 rings (SSSR count). The van der Waals surface area contributed by atoms with E-state index in [9.17, 15) is 73.2 Å². The Morgan fingerprint density at radius 1 is 0.629 bits per heavy atom. The number of hydrogen-bond acceptors (Lipinski definition) is 16. The molecule has 0 aliphatic rings. The summed E-state index contributed by atoms with van der Waals surface area (Å²) in [5, 5.41) is 4.87. The summed E-state index contributed by atoms with van der Waals surface area (Å²) in [5.74, 6) is -16.0. The van der Waals surface area contributed by atoms with Crippen LogP contribution in [0.1, 0.15) is 40.0 Å². The first-order valence-corrected chi connectivity index (χ1v) is 17.2. The monoisotopic (exact) mass is 920 g/mol. The topological polar surface area (TPSA) is 218 Å². The highest BCUT2D eigenvalue weighted by molar-refractivity contribution is 5.82. The van der Waals surface area contributed by atoms with Crippen LogP contribution in [0.15, 0.2) is 55.8 Å². The fourth-order valence-electron chi connectivity index (χ4n) is 4.06. The normalized spacial score (nSPS) is 15.1. The molecule has 17 nitrogen and oxygen atoms in total. The highest BCUT2D eigenvalue weighted by atomic mass is 19.4. The molecule has 4 atom stereocenters. The third kappa shape index (κ3) is 17.4. The number of nitrogens with one attached hydrogen (secondary N) is 1. The van der Waals surface area contributed by atoms with E-state index in [-0.39, 0.29) is 12.8 Å². The van der Waals surface area contributed by atoms with Crippen LogP contribution in [0.4, 0.5) is 48.7 Å². The molecule has 0 aromatic carbocycles. The Balaban J connectivity index is 6.55. The largest absolute Gasteiger partial charge is 0.461 e. The molecule has 1 amide bonds. The highest BCUT2D eigenvalue weighted by Crippen LogP contribution is 2.50. The quantitative estimate of drug-likeness (QED) is 0.0248. The number of alkyl carbamates (subject to hydrolysis) is 1. The summed E-state index contributed by atoms with van der Waals surface area (Å²) in [6, 6.07) is 0. The molecule has 352 valence electrons. The van der Waals surface area contributed by atoms with E-state index >= 15 is 4.39 Å². The maximum Gasteiger partial charge on any atom is 0.460 e. The lowest BCUT2D eigenvalue weighted by Gasteiger charge is -2.36. The number of nitroso groups, excluding NO2 is 1. The molecule has 0 radical (unpaired) electrons. The van der Waals surface area contributed by atoms with Crippen LogP contribution >= 0.6 is 0 Å². The molecule has 62 heavy (non-hydrogen) atoms. The van der Waals surface area contributed by atoms with Gasteiger partial charge in [-0.1, -0.05) is 26.3 Å². The van der Waals surface area contributed by atoms with E-state index in [0.29, 0.717) is 12.2 Å². The second-order valence-electron chi connectivity index (χ2n) is 13.2. The molecule has 0 spiro atoms. The van der Waals surface area contributed by atoms with Gasteiger partial charge in [0.1, 0.15) is 37.6 Å². The van der Waals surface area contributed by atoms with Gasteiger partial charge in [-0.15, -0.1) is 4.91 Å². The Bertz CT molecular complexity index is 1590. The van der Waals surface area contributed by atoms with E-state index in [1.807, 2.05) is 0 Å². The van der Waals surface area contributed by atoms with E-state index in [1.165, 1.54) is 6.92 Å². The molecule has 0 fully saturated rings. The van der Waals surface area contributed by atoms with E-state index < -0.39 is 142 Å². The molecule has 0 saturated carbocycles. The number of ether oxygens (including phenoxy) is 8. The van der Waals surface area contributed by atoms with Gasteiger partial charge in [0, 0.05) is 30.2 Å². The van der Waals surface area contributed by atoms with Gasteiger partial charge in [0.2, 0.25) is 0 Å². The van der Waals surface area contributed by atoms with Gasteiger partial charge < -0.3 is 38.5 Å². The summed E-state index contributed by atoms with van der Waals surface area (Å²) in [6.07, 6.45) is -22.3. The molecular formula is C35H42F10N2O15. The molecule has 4 unspecified atom stereocenters. The minimum atomic E-state index is -6.97. The smallest absolute Gasteiger partial charge is 0.460 e. The van der Waals surface area contributed by atoms with Crippen molar-refractivity contribution in [2.24, 2.45) is 11.1 Å². The van der Waals surface area contributed by atoms with Crippen molar-refractivity contribution in [1.29, 1.82) is 0 Å². The third-order valence-electron chi connectivity index (χ3n) is 7.69. The number of rotatable bonds is 28. The summed E-state index contributed by atoms with van der Waals surface area (Å²) < 4.78 is 174. The number of halogens is 10. The molecule has 0 bridgehead atoms. The number of amides is 1. The molecule has 0 aliphatic heterocycles. The number of unbranched alkanes of at least 4 members (excludes halogenated alkanes) is 1. The number of carbonyl (C=O) groups excluding carboxylic acids is 6. The molecule has 0 aromatic heterocycles. The van der Waals surface area contributed by atoms with Crippen molar-refractivity contribution < 1.29 is 111 Å². The second kappa shape index (κ2) is 23.6. The first kappa shape index (κ1) is 56.4. The minimum absolute atomic E-state index is 0.278. The summed E-state index contributed by atoms with van der Waals surface area (Å²) >= 11 is 0. The third-order valence-corrected chi connectivity index (χ3v) is 7.69. The van der Waals surface area contributed by atoms with Gasteiger partial charge in [-0.3, -0.25) is 4.74 Å². The zero-order chi connectivity index (χ0) is 48.4. The van der Waals surface area contributed by atoms with E-state index in [2.05, 4.69) is 46.3 Å². The minimum Gasteiger partial charge on any atom is -0.461 e. The van der Waals surface area contributed by atoms with Crippen LogP contribution in [-0.4, -0.2) is 123 Å². The Morgan fingerprint density at radius 2 is 1.06 bits per heavy atom. The van der Waals surface area contributed by atoms with E-state index in [0.717, 1.165) is 19.1 Å². The molecule has 0 aliphatic carbocycles. The second-order valence-corrected chi connectivity index (χ2v) is 13.2. The average molecular weight is 921 g/mol. The number of hydrogen-bond donors (Lipinski definition) is 1. The maximum absolute atomic E-state index is 15.1. The van der Waals surface area contributed by atoms with Crippen LogP contribution in [0, 0.1) is 10.8 Å². The summed E-state index contributed by atoms with van der Waals surface area (Å²) in [7, 11) is 0. The summed E-state index contributed by atoms with van der Waals surface area (Å²) in [6.45, 7) is 8.66. The Morgan fingerprint density at radius 3 is 1.45 bits per heavy atom. The lowest BCUT2D eigenvalue weighted by Crippen LogP contribution is -2.62. The standard InChI is InChI=1S/C35H42F10N2O15/c1-8-22(48)57-17-29(5,18-58-23(49)9-2)46-28(53)55-15-13-12-14-21(26(47-54)61-30(6,19-59-24(50)10-3)20-60-25(51)11-4)16-56-27(52)32(37,34(41,42)43)62-35(44,45)31(7,36)33(38,39)40/h8-11,21,26H,1-4,12-20H2,5-7H3,(H,46,53). The van der Waals surface area contributed by atoms with Crippen LogP contribution in [-0.2, 0) is 61.9 Å². The summed E-state index contributed by atoms with van der Waals surface area (Å²) in [4.78, 5) is 83.8. The fourth-order valence-corrected chi connectivity index (χ4v) is 4.06. The van der Waals surface area contributed by atoms with Gasteiger partial charge in [-0.2, -0.15) is 39.5 Å². The van der Waals surface area contributed by atoms with Crippen LogP contribution in [0.2, 0.25) is 0 Å². The molecule has 0 aromatic rings. The van der Waals surface area contributed by atoms with Crippen molar-refractivity contribution in [1.82, 2.24) is 5.32 Å². The fraction of sp³-hybridized carbons (Fsp3) is 0.600. The predicted molar refractivity (Wildman–Crippen MR) is 186 cm³/mol. The van der Waals surface area contributed by atoms with Crippen LogP contribution in [0.5, 0.6) is 0 Å². The van der Waals surface area contributed by atoms with Crippen LogP contribution < -0.4 is 5.32 Å². The van der Waals surface area contributed by atoms with E-state index in [4.69, 9.17) is 28.4 Å². The molecule has 1 N–H and O–H groups in total. The van der Waals surface area contributed by atoms with Crippen molar-refractivity contribution in [2.75, 3.05) is 39.6 Å². The molecular weight excluding hydrogens is 878 g/mol. The van der Waals surface area contributed by atoms with Crippen LogP contribution in [0.25, 0.3) is 0 Å². The maximum atomic E-state index is 15.1. The lowest BCUT2D eigenvalue weighted by atomic mass is 10.00. The van der Waals surface area contributed by atoms with E-state index in [1.54, 1.807) is 0 Å². The number of esters is 5. The van der Waals surface area contributed by atoms with Gasteiger partial charge in [-0.05, 0) is 45.2 Å². The Hall–Kier alpha value is -5.60.